The van der Waals surface area contributed by atoms with Gasteiger partial charge in [0.15, 0.2) is 0 Å². The maximum atomic E-state index is 4.38. The molecule has 100 valence electrons. The fourth-order valence-electron chi connectivity index (χ4n) is 1.72. The molecule has 6 heteroatoms. The van der Waals surface area contributed by atoms with E-state index >= 15 is 0 Å². The van der Waals surface area contributed by atoms with Crippen LogP contribution in [0.3, 0.4) is 0 Å². The van der Waals surface area contributed by atoms with Gasteiger partial charge in [-0.25, -0.2) is 0 Å². The highest BCUT2D eigenvalue weighted by Crippen LogP contribution is 2.21. The Morgan fingerprint density at radius 1 is 1.10 bits per heavy atom. The largest absolute Gasteiger partial charge is 0.260 e. The van der Waals surface area contributed by atoms with E-state index in [0.29, 0.717) is 0 Å². The smallest absolute Gasteiger partial charge is 0.214 e. The quantitative estimate of drug-likeness (QED) is 0.689. The molecule has 0 aliphatic heterocycles. The zero-order valence-corrected chi connectivity index (χ0v) is 11.8. The van der Waals surface area contributed by atoms with E-state index < -0.39 is 0 Å². The molecular formula is C14H13N5S. The summed E-state index contributed by atoms with van der Waals surface area (Å²) in [7, 11) is 0. The minimum absolute atomic E-state index is 0.744. The average molecular weight is 283 g/mol. The van der Waals surface area contributed by atoms with Gasteiger partial charge < -0.3 is 0 Å². The minimum atomic E-state index is 0.744. The highest BCUT2D eigenvalue weighted by molar-refractivity contribution is 7.98. The summed E-state index contributed by atoms with van der Waals surface area (Å²) in [5, 5.41) is 12.6. The molecule has 0 spiro atoms. The number of thioether (sulfide) groups is 1. The molecule has 5 nitrogen and oxygen atoms in total. The van der Waals surface area contributed by atoms with Gasteiger partial charge in [0.1, 0.15) is 0 Å². The molecule has 0 N–H and O–H groups in total. The van der Waals surface area contributed by atoms with Crippen LogP contribution in [0.4, 0.5) is 0 Å². The topological polar surface area (TPSA) is 56.5 Å². The van der Waals surface area contributed by atoms with Crippen LogP contribution in [0.1, 0.15) is 11.3 Å². The molecule has 0 unspecified atom stereocenters. The summed E-state index contributed by atoms with van der Waals surface area (Å²) in [6, 6.07) is 13.9. The predicted octanol–water partition coefficient (Wildman–Crippen LogP) is 2.66. The summed E-state index contributed by atoms with van der Waals surface area (Å²) in [6.07, 6.45) is 1.87. The number of tetrazole rings is 1. The number of aryl methyl sites for hydroxylation is 1. The maximum absolute atomic E-state index is 4.38. The molecule has 3 rings (SSSR count). The molecule has 0 saturated heterocycles. The third-order valence-corrected chi connectivity index (χ3v) is 3.72. The fraction of sp³-hybridized carbons (Fsp3) is 0.143. The van der Waals surface area contributed by atoms with E-state index in [2.05, 4.69) is 26.6 Å². The first kappa shape index (κ1) is 12.8. The van der Waals surface area contributed by atoms with Crippen LogP contribution in [0.5, 0.6) is 0 Å². The molecule has 0 saturated carbocycles. The lowest BCUT2D eigenvalue weighted by molar-refractivity contribution is 0.756. The van der Waals surface area contributed by atoms with Gasteiger partial charge in [0, 0.05) is 11.9 Å². The molecule has 2 heterocycles. The van der Waals surface area contributed by atoms with Crippen LogP contribution < -0.4 is 0 Å². The second kappa shape index (κ2) is 5.83. The van der Waals surface area contributed by atoms with Crippen molar-refractivity contribution in [2.24, 2.45) is 0 Å². The van der Waals surface area contributed by atoms with Crippen LogP contribution in [0.2, 0.25) is 0 Å². The minimum Gasteiger partial charge on any atom is -0.260 e. The lowest BCUT2D eigenvalue weighted by atomic mass is 10.3. The first-order chi connectivity index (χ1) is 9.83. The number of para-hydroxylation sites is 1. The molecular weight excluding hydrogens is 270 g/mol. The van der Waals surface area contributed by atoms with Gasteiger partial charge in [0.2, 0.25) is 5.16 Å². The lowest BCUT2D eigenvalue weighted by Crippen LogP contribution is -1.99. The lowest BCUT2D eigenvalue weighted by Gasteiger charge is -2.03. The van der Waals surface area contributed by atoms with E-state index in [0.717, 1.165) is 27.9 Å². The van der Waals surface area contributed by atoms with Crippen molar-refractivity contribution in [1.29, 1.82) is 0 Å². The van der Waals surface area contributed by atoms with Gasteiger partial charge in [0.05, 0.1) is 11.4 Å². The van der Waals surface area contributed by atoms with Crippen molar-refractivity contribution in [3.05, 3.63) is 59.9 Å². The number of aromatic nitrogens is 5. The number of hydrogen-bond donors (Lipinski definition) is 0. The Hall–Kier alpha value is -2.21. The Labute approximate surface area is 121 Å². The van der Waals surface area contributed by atoms with Crippen molar-refractivity contribution >= 4 is 11.8 Å². The van der Waals surface area contributed by atoms with Gasteiger partial charge in [-0.05, 0) is 41.1 Å². The highest BCUT2D eigenvalue weighted by atomic mass is 32.2. The Morgan fingerprint density at radius 3 is 2.70 bits per heavy atom. The van der Waals surface area contributed by atoms with Crippen LogP contribution in [0.25, 0.3) is 5.69 Å². The molecule has 1 aromatic carbocycles. The van der Waals surface area contributed by atoms with Gasteiger partial charge in [0.25, 0.3) is 0 Å². The Morgan fingerprint density at radius 2 is 1.95 bits per heavy atom. The molecule has 3 aromatic rings. The van der Waals surface area contributed by atoms with E-state index in [1.807, 2.05) is 49.5 Å². The molecule has 0 aliphatic rings. The standard InChI is InChI=1S/C14H13N5S/c1-11-7-8-12(15-9-11)10-20-14-16-17-18-19(14)13-5-3-2-4-6-13/h2-9H,10H2,1H3. The molecule has 0 fully saturated rings. The number of benzene rings is 1. The monoisotopic (exact) mass is 283 g/mol. The first-order valence-electron chi connectivity index (χ1n) is 6.21. The average Bonchev–Trinajstić information content (AvgIpc) is 2.96. The summed E-state index contributed by atoms with van der Waals surface area (Å²) in [5.41, 5.74) is 3.13. The summed E-state index contributed by atoms with van der Waals surface area (Å²) >= 11 is 1.57. The maximum Gasteiger partial charge on any atom is 0.214 e. The number of nitrogens with zero attached hydrogens (tertiary/aromatic N) is 5. The van der Waals surface area contributed by atoms with E-state index in [1.54, 1.807) is 16.4 Å². The van der Waals surface area contributed by atoms with Crippen molar-refractivity contribution in [1.82, 2.24) is 25.2 Å². The van der Waals surface area contributed by atoms with Crippen LogP contribution in [-0.4, -0.2) is 25.2 Å². The zero-order chi connectivity index (χ0) is 13.8. The Balaban J connectivity index is 1.76. The van der Waals surface area contributed by atoms with E-state index in [9.17, 15) is 0 Å². The molecule has 0 bridgehead atoms. The van der Waals surface area contributed by atoms with Crippen LogP contribution in [-0.2, 0) is 5.75 Å². The summed E-state index contributed by atoms with van der Waals surface area (Å²) in [6.45, 7) is 2.03. The fourth-order valence-corrected chi connectivity index (χ4v) is 2.53. The second-order valence-corrected chi connectivity index (χ2v) is 5.27. The highest BCUT2D eigenvalue weighted by Gasteiger charge is 2.09. The van der Waals surface area contributed by atoms with Crippen molar-refractivity contribution in [2.45, 2.75) is 17.8 Å². The molecule has 0 aliphatic carbocycles. The summed E-state index contributed by atoms with van der Waals surface area (Å²) < 4.78 is 1.73. The third-order valence-electron chi connectivity index (χ3n) is 2.76. The van der Waals surface area contributed by atoms with Crippen molar-refractivity contribution in [3.63, 3.8) is 0 Å². The molecule has 2 aromatic heterocycles. The Bertz CT molecular complexity index is 678. The number of pyridine rings is 1. The number of hydrogen-bond acceptors (Lipinski definition) is 5. The van der Waals surface area contributed by atoms with E-state index in [1.165, 1.54) is 0 Å². The van der Waals surface area contributed by atoms with Crippen molar-refractivity contribution in [3.8, 4) is 5.69 Å². The van der Waals surface area contributed by atoms with E-state index in [-0.39, 0.29) is 0 Å². The van der Waals surface area contributed by atoms with Crippen LogP contribution in [0, 0.1) is 6.92 Å². The Kier molecular flexibility index (Phi) is 3.73. The molecule has 0 atom stereocenters. The summed E-state index contributed by atoms with van der Waals surface area (Å²) in [5.74, 6) is 0.744. The van der Waals surface area contributed by atoms with Crippen molar-refractivity contribution in [2.75, 3.05) is 0 Å². The second-order valence-electron chi connectivity index (χ2n) is 4.32. The summed E-state index contributed by atoms with van der Waals surface area (Å²) in [4.78, 5) is 4.38. The van der Waals surface area contributed by atoms with Gasteiger partial charge in [-0.2, -0.15) is 4.68 Å². The normalized spacial score (nSPS) is 10.7. The predicted molar refractivity (Wildman–Crippen MR) is 77.7 cm³/mol. The molecule has 20 heavy (non-hydrogen) atoms. The molecule has 0 radical (unpaired) electrons. The zero-order valence-electron chi connectivity index (χ0n) is 11.0. The SMILES string of the molecule is Cc1ccc(CSc2nnnn2-c2ccccc2)nc1. The molecule has 0 amide bonds. The van der Waals surface area contributed by atoms with Gasteiger partial charge in [-0.3, -0.25) is 4.98 Å². The van der Waals surface area contributed by atoms with Crippen LogP contribution in [0.15, 0.2) is 53.8 Å². The van der Waals surface area contributed by atoms with Gasteiger partial charge in [-0.15, -0.1) is 5.10 Å². The van der Waals surface area contributed by atoms with Crippen molar-refractivity contribution < 1.29 is 0 Å². The van der Waals surface area contributed by atoms with Gasteiger partial charge in [-0.1, -0.05) is 36.0 Å². The van der Waals surface area contributed by atoms with Crippen LogP contribution >= 0.6 is 11.8 Å². The third kappa shape index (κ3) is 2.85. The number of rotatable bonds is 4. The first-order valence-corrected chi connectivity index (χ1v) is 7.19. The van der Waals surface area contributed by atoms with Gasteiger partial charge >= 0.3 is 0 Å². The van der Waals surface area contributed by atoms with E-state index in [4.69, 9.17) is 0 Å².